The molecule has 2 atom stereocenters. The number of carbonyl (C=O) groups excluding carboxylic acids is 1. The van der Waals surface area contributed by atoms with E-state index in [1.165, 1.54) is 21.6 Å². The van der Waals surface area contributed by atoms with Crippen LogP contribution in [0.1, 0.15) is 17.4 Å². The van der Waals surface area contributed by atoms with Crippen molar-refractivity contribution in [3.8, 4) is 5.75 Å². The summed E-state index contributed by atoms with van der Waals surface area (Å²) in [6.07, 6.45) is -0.724. The number of ether oxygens (including phenoxy) is 2. The van der Waals surface area contributed by atoms with Gasteiger partial charge in [0.25, 0.3) is 0 Å². The van der Waals surface area contributed by atoms with Crippen LogP contribution in [0.2, 0.25) is 0 Å². The zero-order valence-electron chi connectivity index (χ0n) is 17.8. The largest absolute Gasteiger partial charge is 0.484 e. The van der Waals surface area contributed by atoms with Crippen LogP contribution in [0.25, 0.3) is 10.8 Å². The van der Waals surface area contributed by atoms with E-state index in [4.69, 9.17) is 14.6 Å². The second-order valence-corrected chi connectivity index (χ2v) is 10.5. The first-order valence-corrected chi connectivity index (χ1v) is 13.5. The van der Waals surface area contributed by atoms with Gasteiger partial charge in [0.15, 0.2) is 0 Å². The first-order chi connectivity index (χ1) is 15.6. The Morgan fingerprint density at radius 3 is 2.72 bits per heavy atom. The van der Waals surface area contributed by atoms with Crippen molar-refractivity contribution in [3.05, 3.63) is 64.9 Å². The minimum atomic E-state index is -0.762. The van der Waals surface area contributed by atoms with Crippen molar-refractivity contribution in [2.24, 2.45) is 0 Å². The van der Waals surface area contributed by atoms with Gasteiger partial charge in [0.1, 0.15) is 17.8 Å². The quantitative estimate of drug-likeness (QED) is 0.205. The lowest BCUT2D eigenvalue weighted by atomic mass is 10.1. The van der Waals surface area contributed by atoms with Crippen LogP contribution in [0.3, 0.4) is 0 Å². The standard InChI is InChI=1S/C23H27NO5S3/c1-24(23(27)28-16-32-31-15-18(26)14-25)12-11-21(22-10-5-13-30-22)29-20-9-4-7-17-6-2-3-8-19(17)20/h2-10,13,18,21,25-26H,11-12,14-16H2,1H3/t18?,21-/m0/s1. The maximum atomic E-state index is 12.3. The topological polar surface area (TPSA) is 79.2 Å². The number of thiophene rings is 1. The summed E-state index contributed by atoms with van der Waals surface area (Å²) in [5.74, 6) is 1.38. The van der Waals surface area contributed by atoms with Crippen molar-refractivity contribution in [2.45, 2.75) is 18.6 Å². The molecule has 0 fully saturated rings. The van der Waals surface area contributed by atoms with Gasteiger partial charge in [-0.3, -0.25) is 0 Å². The second-order valence-electron chi connectivity index (χ2n) is 7.08. The summed E-state index contributed by atoms with van der Waals surface area (Å²) in [5, 5.41) is 22.3. The highest BCUT2D eigenvalue weighted by Gasteiger charge is 2.19. The van der Waals surface area contributed by atoms with Gasteiger partial charge in [-0.25, -0.2) is 4.79 Å². The van der Waals surface area contributed by atoms with Gasteiger partial charge in [-0.2, -0.15) is 0 Å². The molecule has 1 amide bonds. The minimum Gasteiger partial charge on any atom is -0.484 e. The lowest BCUT2D eigenvalue weighted by Gasteiger charge is -2.23. The Bertz CT molecular complexity index is 964. The maximum absolute atomic E-state index is 12.3. The van der Waals surface area contributed by atoms with Crippen molar-refractivity contribution in [2.75, 3.05) is 31.9 Å². The van der Waals surface area contributed by atoms with E-state index in [2.05, 4.69) is 18.2 Å². The first kappa shape index (κ1) is 24.7. The number of fused-ring (bicyclic) bond motifs is 1. The number of rotatable bonds is 12. The van der Waals surface area contributed by atoms with Crippen LogP contribution in [-0.4, -0.2) is 59.2 Å². The predicted octanol–water partition coefficient (Wildman–Crippen LogP) is 5.17. The lowest BCUT2D eigenvalue weighted by Crippen LogP contribution is -2.29. The highest BCUT2D eigenvalue weighted by atomic mass is 33.1. The molecule has 2 aromatic carbocycles. The molecule has 0 aliphatic rings. The second kappa shape index (κ2) is 13.0. The number of aliphatic hydroxyl groups excluding tert-OH is 2. The van der Waals surface area contributed by atoms with Crippen LogP contribution < -0.4 is 4.74 Å². The molecule has 1 heterocycles. The average Bonchev–Trinajstić information content (AvgIpc) is 3.36. The van der Waals surface area contributed by atoms with Crippen LogP contribution in [-0.2, 0) is 4.74 Å². The van der Waals surface area contributed by atoms with Gasteiger partial charge in [-0.1, -0.05) is 64.1 Å². The molecule has 9 heteroatoms. The molecular formula is C23H27NO5S3. The first-order valence-electron chi connectivity index (χ1n) is 10.2. The van der Waals surface area contributed by atoms with E-state index in [1.54, 1.807) is 23.3 Å². The summed E-state index contributed by atoms with van der Waals surface area (Å²) in [4.78, 5) is 14.9. The van der Waals surface area contributed by atoms with E-state index in [1.807, 2.05) is 41.8 Å². The third-order valence-corrected chi connectivity index (χ3v) is 7.77. The maximum Gasteiger partial charge on any atom is 0.410 e. The molecule has 6 nitrogen and oxygen atoms in total. The number of benzene rings is 2. The number of aliphatic hydroxyl groups is 2. The van der Waals surface area contributed by atoms with Crippen molar-refractivity contribution >= 4 is 49.8 Å². The van der Waals surface area contributed by atoms with Crippen LogP contribution in [0.15, 0.2) is 60.0 Å². The smallest absolute Gasteiger partial charge is 0.410 e. The Morgan fingerprint density at radius 2 is 1.94 bits per heavy atom. The zero-order valence-corrected chi connectivity index (χ0v) is 20.2. The van der Waals surface area contributed by atoms with Crippen molar-refractivity contribution < 1.29 is 24.5 Å². The lowest BCUT2D eigenvalue weighted by molar-refractivity contribution is 0.114. The van der Waals surface area contributed by atoms with Gasteiger partial charge in [0.05, 0.1) is 12.7 Å². The highest BCUT2D eigenvalue weighted by Crippen LogP contribution is 2.33. The summed E-state index contributed by atoms with van der Waals surface area (Å²) in [6, 6.07) is 18.2. The van der Waals surface area contributed by atoms with Crippen molar-refractivity contribution in [3.63, 3.8) is 0 Å². The van der Waals surface area contributed by atoms with Gasteiger partial charge in [-0.05, 0) is 22.9 Å². The average molecular weight is 494 g/mol. The molecule has 3 rings (SSSR count). The molecule has 0 bridgehead atoms. The molecule has 1 aromatic heterocycles. The van der Waals surface area contributed by atoms with Crippen LogP contribution >= 0.6 is 32.9 Å². The third-order valence-electron chi connectivity index (χ3n) is 4.70. The molecule has 2 N–H and O–H groups in total. The Labute approximate surface area is 199 Å². The Morgan fingerprint density at radius 1 is 1.12 bits per heavy atom. The molecule has 32 heavy (non-hydrogen) atoms. The summed E-state index contributed by atoms with van der Waals surface area (Å²) in [7, 11) is 4.38. The van der Waals surface area contributed by atoms with Gasteiger partial charge < -0.3 is 24.6 Å². The van der Waals surface area contributed by atoms with Gasteiger partial charge in [0, 0.05) is 36.0 Å². The molecule has 0 spiro atoms. The molecule has 1 unspecified atom stereocenters. The Hall–Kier alpha value is -1.91. The monoisotopic (exact) mass is 493 g/mol. The molecule has 172 valence electrons. The molecule has 0 radical (unpaired) electrons. The van der Waals surface area contributed by atoms with Crippen molar-refractivity contribution in [1.82, 2.24) is 4.90 Å². The number of carbonyl (C=O) groups is 1. The van der Waals surface area contributed by atoms with E-state index in [9.17, 15) is 9.90 Å². The molecule has 0 saturated carbocycles. The minimum absolute atomic E-state index is 0.173. The van der Waals surface area contributed by atoms with E-state index < -0.39 is 12.2 Å². The molecular weight excluding hydrogens is 466 g/mol. The fourth-order valence-electron chi connectivity index (χ4n) is 2.99. The predicted molar refractivity (Wildman–Crippen MR) is 133 cm³/mol. The summed E-state index contributed by atoms with van der Waals surface area (Å²) in [6.45, 7) is 0.204. The number of amides is 1. The van der Waals surface area contributed by atoms with Gasteiger partial charge in [0.2, 0.25) is 0 Å². The van der Waals surface area contributed by atoms with Crippen LogP contribution in [0.5, 0.6) is 5.75 Å². The van der Waals surface area contributed by atoms with Crippen molar-refractivity contribution in [1.29, 1.82) is 0 Å². The summed E-state index contributed by atoms with van der Waals surface area (Å²) >= 11 is 1.64. The number of hydrogen-bond donors (Lipinski definition) is 2. The third kappa shape index (κ3) is 7.31. The number of hydrogen-bond acceptors (Lipinski definition) is 8. The van der Waals surface area contributed by atoms with E-state index in [0.29, 0.717) is 18.7 Å². The van der Waals surface area contributed by atoms with Gasteiger partial charge >= 0.3 is 6.09 Å². The summed E-state index contributed by atoms with van der Waals surface area (Å²) < 4.78 is 11.7. The van der Waals surface area contributed by atoms with Crippen LogP contribution in [0.4, 0.5) is 4.79 Å². The molecule has 3 aromatic rings. The normalized spacial score (nSPS) is 13.0. The summed E-state index contributed by atoms with van der Waals surface area (Å²) in [5.41, 5.74) is 0. The van der Waals surface area contributed by atoms with Crippen LogP contribution in [0, 0.1) is 0 Å². The van der Waals surface area contributed by atoms with E-state index in [0.717, 1.165) is 21.4 Å². The highest BCUT2D eigenvalue weighted by molar-refractivity contribution is 8.76. The SMILES string of the molecule is CN(CC[C@H](Oc1cccc2ccccc12)c1cccs1)C(=O)OCSSCC(O)CO. The fourth-order valence-corrected chi connectivity index (χ4v) is 5.46. The van der Waals surface area contributed by atoms with E-state index >= 15 is 0 Å². The molecule has 0 aliphatic heterocycles. The van der Waals surface area contributed by atoms with E-state index in [-0.39, 0.29) is 18.6 Å². The molecule has 0 saturated heterocycles. The Kier molecular flexibility index (Phi) is 10.0. The molecule has 0 aliphatic carbocycles. The zero-order chi connectivity index (χ0) is 22.8. The van der Waals surface area contributed by atoms with Gasteiger partial charge in [-0.15, -0.1) is 11.3 Å². The Balaban J connectivity index is 1.54. The fraction of sp³-hybridized carbons (Fsp3) is 0.348. The number of nitrogens with zero attached hydrogens (tertiary/aromatic N) is 1.